The first kappa shape index (κ1) is 22.6. The van der Waals surface area contributed by atoms with Crippen molar-refractivity contribution in [2.45, 2.75) is 97.4 Å². The Morgan fingerprint density at radius 1 is 1.36 bits per heavy atom. The van der Waals surface area contributed by atoms with Gasteiger partial charge >= 0.3 is 0 Å². The Labute approximate surface area is 156 Å². The maximum atomic E-state index is 11.2. The van der Waals surface area contributed by atoms with Crippen LogP contribution in [0.1, 0.15) is 73.1 Å². The molecule has 146 valence electrons. The molecule has 4 heteroatoms. The summed E-state index contributed by atoms with van der Waals surface area (Å²) in [7, 11) is -1.73. The molecule has 0 aliphatic heterocycles. The molecule has 0 heterocycles. The molecule has 0 saturated heterocycles. The van der Waals surface area contributed by atoms with Crippen molar-refractivity contribution >= 4 is 14.1 Å². The Morgan fingerprint density at radius 2 is 2.00 bits per heavy atom. The Balaban J connectivity index is 2.68. The number of aliphatic hydroxyl groups excluding tert-OH is 1. The number of aliphatic hydroxyl groups is 1. The maximum absolute atomic E-state index is 11.2. The van der Waals surface area contributed by atoms with Gasteiger partial charge in [0.25, 0.3) is 0 Å². The summed E-state index contributed by atoms with van der Waals surface area (Å²) in [6.45, 7) is 15.8. The predicted octanol–water partition coefficient (Wildman–Crippen LogP) is 5.49. The molecule has 1 fully saturated rings. The summed E-state index contributed by atoms with van der Waals surface area (Å²) in [6, 6.07) is 0. The molecule has 1 aliphatic rings. The lowest BCUT2D eigenvalue weighted by atomic mass is 9.63. The van der Waals surface area contributed by atoms with Gasteiger partial charge < -0.3 is 14.3 Å². The average Bonchev–Trinajstić information content (AvgIpc) is 2.44. The Kier molecular flexibility index (Phi) is 8.10. The molecule has 1 aliphatic carbocycles. The lowest BCUT2D eigenvalue weighted by Gasteiger charge is -2.43. The molecule has 1 N–H and O–H groups in total. The van der Waals surface area contributed by atoms with Gasteiger partial charge in [0.05, 0.1) is 12.7 Å². The lowest BCUT2D eigenvalue weighted by Crippen LogP contribution is -2.41. The molecule has 0 aromatic heterocycles. The first-order valence-electron chi connectivity index (χ1n) is 9.87. The van der Waals surface area contributed by atoms with Gasteiger partial charge in [-0.1, -0.05) is 46.3 Å². The number of rotatable bonds is 8. The summed E-state index contributed by atoms with van der Waals surface area (Å²) in [5.74, 6) is 0.422. The van der Waals surface area contributed by atoms with E-state index in [-0.39, 0.29) is 28.3 Å². The highest BCUT2D eigenvalue weighted by Gasteiger charge is 2.40. The fraction of sp³-hybridized carbons (Fsp3) is 0.857. The van der Waals surface area contributed by atoms with Gasteiger partial charge in [0.1, 0.15) is 5.78 Å². The maximum Gasteiger partial charge on any atom is 0.192 e. The number of ketones is 1. The van der Waals surface area contributed by atoms with Crippen molar-refractivity contribution in [1.82, 2.24) is 0 Å². The Hall–Kier alpha value is -0.453. The highest BCUT2D eigenvalue weighted by molar-refractivity contribution is 6.74. The fourth-order valence-corrected chi connectivity index (χ4v) is 4.54. The number of Topliss-reactive ketones (excluding diaryl/α,β-unsaturated/α-hetero) is 1. The van der Waals surface area contributed by atoms with Crippen LogP contribution in [0.4, 0.5) is 0 Å². The van der Waals surface area contributed by atoms with Crippen molar-refractivity contribution in [3.8, 4) is 0 Å². The zero-order valence-corrected chi connectivity index (χ0v) is 18.5. The van der Waals surface area contributed by atoms with E-state index >= 15 is 0 Å². The van der Waals surface area contributed by atoms with E-state index < -0.39 is 8.32 Å². The molecule has 0 aromatic carbocycles. The smallest absolute Gasteiger partial charge is 0.192 e. The van der Waals surface area contributed by atoms with Crippen molar-refractivity contribution in [2.24, 2.45) is 11.3 Å². The van der Waals surface area contributed by atoms with Gasteiger partial charge in [0.15, 0.2) is 8.32 Å². The highest BCUT2D eigenvalue weighted by Crippen LogP contribution is 2.45. The second-order valence-corrected chi connectivity index (χ2v) is 14.5. The van der Waals surface area contributed by atoms with Crippen LogP contribution in [0.5, 0.6) is 0 Å². The van der Waals surface area contributed by atoms with Crippen molar-refractivity contribution in [2.75, 3.05) is 6.61 Å². The average molecular weight is 369 g/mol. The zero-order valence-electron chi connectivity index (χ0n) is 17.5. The van der Waals surface area contributed by atoms with E-state index in [1.165, 1.54) is 0 Å². The minimum atomic E-state index is -1.73. The van der Waals surface area contributed by atoms with Crippen LogP contribution in [-0.2, 0) is 9.22 Å². The molecular formula is C21H40O3Si. The first-order chi connectivity index (χ1) is 11.4. The van der Waals surface area contributed by atoms with E-state index in [1.807, 2.05) is 0 Å². The summed E-state index contributed by atoms with van der Waals surface area (Å²) >= 11 is 0. The summed E-state index contributed by atoms with van der Waals surface area (Å²) in [5.41, 5.74) is 0.0839. The summed E-state index contributed by atoms with van der Waals surface area (Å²) in [5, 5.41) is 10.8. The molecule has 0 aromatic rings. The number of carbonyl (C=O) groups excluding carboxylic acids is 1. The quantitative estimate of drug-likeness (QED) is 0.455. The molecule has 1 rings (SSSR count). The van der Waals surface area contributed by atoms with Gasteiger partial charge in [-0.15, -0.1) is 0 Å². The van der Waals surface area contributed by atoms with Crippen molar-refractivity contribution < 1.29 is 14.3 Å². The fourth-order valence-electron chi connectivity index (χ4n) is 3.59. The van der Waals surface area contributed by atoms with Crippen LogP contribution < -0.4 is 0 Å². The van der Waals surface area contributed by atoms with E-state index in [0.717, 1.165) is 32.1 Å². The van der Waals surface area contributed by atoms with Crippen LogP contribution in [0.25, 0.3) is 0 Å². The van der Waals surface area contributed by atoms with Crippen LogP contribution in [-0.4, -0.2) is 31.9 Å². The van der Waals surface area contributed by atoms with E-state index in [9.17, 15) is 9.90 Å². The summed E-state index contributed by atoms with van der Waals surface area (Å²) < 4.78 is 6.23. The van der Waals surface area contributed by atoms with Crippen LogP contribution in [0.2, 0.25) is 18.1 Å². The van der Waals surface area contributed by atoms with E-state index in [4.69, 9.17) is 4.43 Å². The molecule has 0 radical (unpaired) electrons. The van der Waals surface area contributed by atoms with Gasteiger partial charge in [0.2, 0.25) is 0 Å². The third-order valence-electron chi connectivity index (χ3n) is 6.43. The van der Waals surface area contributed by atoms with Gasteiger partial charge in [-0.2, -0.15) is 0 Å². The molecule has 3 nitrogen and oxygen atoms in total. The van der Waals surface area contributed by atoms with Gasteiger partial charge in [-0.3, -0.25) is 0 Å². The molecule has 0 spiro atoms. The summed E-state index contributed by atoms with van der Waals surface area (Å²) in [4.78, 5) is 11.2. The Morgan fingerprint density at radius 3 is 2.56 bits per heavy atom. The SMILES string of the molecule is CC(=O)CCC[C@]1(C)CCC[C@H](O)[C@@H]1/C=C/CO[Si](C)(C)C(C)(C)C. The normalized spacial score (nSPS) is 28.5. The molecule has 3 atom stereocenters. The molecule has 25 heavy (non-hydrogen) atoms. The molecular weight excluding hydrogens is 328 g/mol. The third-order valence-corrected chi connectivity index (χ3v) is 10.9. The molecule has 0 amide bonds. The molecule has 1 saturated carbocycles. The largest absolute Gasteiger partial charge is 0.413 e. The minimum Gasteiger partial charge on any atom is -0.413 e. The van der Waals surface area contributed by atoms with Gasteiger partial charge in [0, 0.05) is 12.3 Å². The van der Waals surface area contributed by atoms with Crippen LogP contribution in [0, 0.1) is 11.3 Å². The topological polar surface area (TPSA) is 46.5 Å². The second-order valence-electron chi connectivity index (χ2n) is 9.69. The number of hydrogen-bond acceptors (Lipinski definition) is 3. The van der Waals surface area contributed by atoms with Gasteiger partial charge in [-0.05, 0) is 56.2 Å². The van der Waals surface area contributed by atoms with E-state index in [2.05, 4.69) is 52.9 Å². The first-order valence-corrected chi connectivity index (χ1v) is 12.8. The summed E-state index contributed by atoms with van der Waals surface area (Å²) in [6.07, 6.45) is 9.67. The van der Waals surface area contributed by atoms with Crippen molar-refractivity contribution in [1.29, 1.82) is 0 Å². The van der Waals surface area contributed by atoms with E-state index in [1.54, 1.807) is 6.92 Å². The van der Waals surface area contributed by atoms with E-state index in [0.29, 0.717) is 13.0 Å². The zero-order chi connectivity index (χ0) is 19.3. The minimum absolute atomic E-state index is 0.0839. The van der Waals surface area contributed by atoms with Gasteiger partial charge in [-0.25, -0.2) is 0 Å². The van der Waals surface area contributed by atoms with Crippen molar-refractivity contribution in [3.63, 3.8) is 0 Å². The third kappa shape index (κ3) is 6.65. The van der Waals surface area contributed by atoms with Crippen molar-refractivity contribution in [3.05, 3.63) is 12.2 Å². The van der Waals surface area contributed by atoms with Crippen LogP contribution in [0.15, 0.2) is 12.2 Å². The van der Waals surface area contributed by atoms with Crippen LogP contribution >= 0.6 is 0 Å². The second kappa shape index (κ2) is 8.96. The molecule has 0 bridgehead atoms. The van der Waals surface area contributed by atoms with Crippen LogP contribution in [0.3, 0.4) is 0 Å². The monoisotopic (exact) mass is 368 g/mol. The number of hydrogen-bond donors (Lipinski definition) is 1. The lowest BCUT2D eigenvalue weighted by molar-refractivity contribution is -0.117. The number of carbonyl (C=O) groups is 1. The predicted molar refractivity (Wildman–Crippen MR) is 108 cm³/mol. The molecule has 0 unspecified atom stereocenters. The highest BCUT2D eigenvalue weighted by atomic mass is 28.4. The Bertz CT molecular complexity index is 464. The standard InChI is InChI=1S/C21H40O3Si/c1-17(22)11-8-14-21(5)15-9-13-19(23)18(21)12-10-16-24-25(6,7)20(2,3)4/h10,12,18-19,23H,8-9,11,13-16H2,1-7H3/b12-10+/t18-,19-,21+/m0/s1.